The zero-order valence-corrected chi connectivity index (χ0v) is 17.5. The van der Waals surface area contributed by atoms with Crippen LogP contribution in [0.15, 0.2) is 42.6 Å². The molecule has 0 radical (unpaired) electrons. The van der Waals surface area contributed by atoms with Gasteiger partial charge in [0.05, 0.1) is 29.6 Å². The van der Waals surface area contributed by atoms with Crippen molar-refractivity contribution < 1.29 is 13.9 Å². The van der Waals surface area contributed by atoms with E-state index >= 15 is 0 Å². The van der Waals surface area contributed by atoms with Gasteiger partial charge in [0.2, 0.25) is 5.95 Å². The molecule has 9 heteroatoms. The summed E-state index contributed by atoms with van der Waals surface area (Å²) in [6.45, 7) is 4.66. The highest BCUT2D eigenvalue weighted by Crippen LogP contribution is 2.35. The number of fused-ring (bicyclic) bond motifs is 1. The molecule has 30 heavy (non-hydrogen) atoms. The van der Waals surface area contributed by atoms with Gasteiger partial charge in [-0.05, 0) is 50.2 Å². The van der Waals surface area contributed by atoms with Gasteiger partial charge in [-0.25, -0.2) is 9.37 Å². The van der Waals surface area contributed by atoms with Gasteiger partial charge in [-0.3, -0.25) is 0 Å². The maximum atomic E-state index is 14.3. The van der Waals surface area contributed by atoms with Crippen LogP contribution < -0.4 is 25.4 Å². The third kappa shape index (κ3) is 4.33. The summed E-state index contributed by atoms with van der Waals surface area (Å²) in [5, 5.41) is 9.86. The number of anilines is 5. The number of hydrogen-bond donors (Lipinski definition) is 3. The van der Waals surface area contributed by atoms with Crippen molar-refractivity contribution in [2.45, 2.75) is 19.4 Å². The van der Waals surface area contributed by atoms with E-state index in [-0.39, 0.29) is 17.3 Å². The molecule has 0 amide bonds. The zero-order chi connectivity index (χ0) is 21.3. The van der Waals surface area contributed by atoms with E-state index in [4.69, 9.17) is 21.1 Å². The summed E-state index contributed by atoms with van der Waals surface area (Å²) in [6, 6.07) is 10.7. The minimum absolute atomic E-state index is 0.0445. The van der Waals surface area contributed by atoms with Crippen molar-refractivity contribution in [2.24, 2.45) is 0 Å². The van der Waals surface area contributed by atoms with E-state index in [0.717, 1.165) is 17.6 Å². The van der Waals surface area contributed by atoms with Gasteiger partial charge in [0.1, 0.15) is 18.1 Å². The van der Waals surface area contributed by atoms with Crippen molar-refractivity contribution in [3.8, 4) is 11.5 Å². The number of benzene rings is 2. The molecule has 7 nitrogen and oxygen atoms in total. The van der Waals surface area contributed by atoms with Gasteiger partial charge < -0.3 is 25.4 Å². The Morgan fingerprint density at radius 2 is 1.93 bits per heavy atom. The lowest BCUT2D eigenvalue weighted by molar-refractivity contribution is 0.242. The Morgan fingerprint density at radius 1 is 1.17 bits per heavy atom. The first-order valence-electron chi connectivity index (χ1n) is 9.28. The number of ether oxygens (including phenoxy) is 2. The summed E-state index contributed by atoms with van der Waals surface area (Å²) in [7, 11) is 1.54. The molecule has 0 aliphatic carbocycles. The molecular formula is C21H21ClFN5O2. The summed E-state index contributed by atoms with van der Waals surface area (Å²) >= 11 is 6.14. The molecule has 0 saturated carbocycles. The number of rotatable bonds is 5. The van der Waals surface area contributed by atoms with E-state index in [2.05, 4.69) is 25.9 Å². The Labute approximate surface area is 178 Å². The fourth-order valence-corrected chi connectivity index (χ4v) is 3.27. The monoisotopic (exact) mass is 429 g/mol. The molecule has 1 aliphatic rings. The maximum Gasteiger partial charge on any atom is 0.229 e. The average molecular weight is 430 g/mol. The Kier molecular flexibility index (Phi) is 5.26. The van der Waals surface area contributed by atoms with Gasteiger partial charge in [-0.1, -0.05) is 11.6 Å². The summed E-state index contributed by atoms with van der Waals surface area (Å²) < 4.78 is 25.2. The third-order valence-electron chi connectivity index (χ3n) is 4.46. The van der Waals surface area contributed by atoms with Crippen molar-refractivity contribution >= 4 is 40.4 Å². The van der Waals surface area contributed by atoms with E-state index in [0.29, 0.717) is 28.8 Å². The van der Waals surface area contributed by atoms with E-state index < -0.39 is 5.82 Å². The lowest BCUT2D eigenvalue weighted by Gasteiger charge is -2.33. The van der Waals surface area contributed by atoms with Crippen LogP contribution in [0.3, 0.4) is 0 Å². The van der Waals surface area contributed by atoms with Gasteiger partial charge in [0.15, 0.2) is 11.6 Å². The van der Waals surface area contributed by atoms with Crippen LogP contribution in [0.4, 0.5) is 33.2 Å². The quantitative estimate of drug-likeness (QED) is 0.504. The van der Waals surface area contributed by atoms with Crippen molar-refractivity contribution in [1.29, 1.82) is 0 Å². The predicted molar refractivity (Wildman–Crippen MR) is 116 cm³/mol. The number of hydrogen-bond acceptors (Lipinski definition) is 7. The van der Waals surface area contributed by atoms with Crippen molar-refractivity contribution in [3.63, 3.8) is 0 Å². The fourth-order valence-electron chi connectivity index (χ4n) is 3.02. The van der Waals surface area contributed by atoms with Crippen LogP contribution in [-0.2, 0) is 0 Å². The predicted octanol–water partition coefficient (Wildman–Crippen LogP) is 5.35. The molecule has 3 N–H and O–H groups in total. The van der Waals surface area contributed by atoms with Crippen molar-refractivity contribution in [2.75, 3.05) is 29.7 Å². The molecule has 2 heterocycles. The minimum atomic E-state index is -0.574. The van der Waals surface area contributed by atoms with Crippen LogP contribution in [0.25, 0.3) is 0 Å². The van der Waals surface area contributed by atoms with Crippen LogP contribution >= 0.6 is 11.6 Å². The van der Waals surface area contributed by atoms with Gasteiger partial charge in [-0.15, -0.1) is 0 Å². The standard InChI is InChI=1S/C21H21ClFN5O2/c1-21(2)11-30-18-7-5-13(9-16(18)28-21)25-19-15(23)10-24-20(27-19)26-12-4-6-17(29-3)14(22)8-12/h4-10,28H,11H2,1-3H3,(H2,24,25,26,27). The second kappa shape index (κ2) is 7.87. The van der Waals surface area contributed by atoms with Gasteiger partial charge in [-0.2, -0.15) is 4.98 Å². The minimum Gasteiger partial charge on any atom is -0.495 e. The van der Waals surface area contributed by atoms with Crippen LogP contribution in [0, 0.1) is 5.82 Å². The summed E-state index contributed by atoms with van der Waals surface area (Å²) in [6.07, 6.45) is 1.10. The van der Waals surface area contributed by atoms with Crippen LogP contribution in [0.1, 0.15) is 13.8 Å². The van der Waals surface area contributed by atoms with E-state index in [9.17, 15) is 4.39 Å². The van der Waals surface area contributed by atoms with Gasteiger partial charge in [0, 0.05) is 11.4 Å². The highest BCUT2D eigenvalue weighted by atomic mass is 35.5. The van der Waals surface area contributed by atoms with E-state index in [1.807, 2.05) is 26.0 Å². The number of methoxy groups -OCH3 is 1. The van der Waals surface area contributed by atoms with Crippen molar-refractivity contribution in [1.82, 2.24) is 9.97 Å². The summed E-state index contributed by atoms with van der Waals surface area (Å²) in [5.41, 5.74) is 1.95. The Balaban J connectivity index is 1.55. The smallest absolute Gasteiger partial charge is 0.229 e. The molecule has 4 rings (SSSR count). The number of halogens is 2. The maximum absolute atomic E-state index is 14.3. The number of nitrogens with zero attached hydrogens (tertiary/aromatic N) is 2. The highest BCUT2D eigenvalue weighted by Gasteiger charge is 2.25. The number of nitrogens with one attached hydrogen (secondary N) is 3. The molecule has 1 aliphatic heterocycles. The molecule has 0 fully saturated rings. The molecule has 1 aromatic heterocycles. The number of aromatic nitrogens is 2. The first-order valence-corrected chi connectivity index (χ1v) is 9.66. The molecule has 156 valence electrons. The van der Waals surface area contributed by atoms with Crippen molar-refractivity contribution in [3.05, 3.63) is 53.4 Å². The summed E-state index contributed by atoms with van der Waals surface area (Å²) in [5.74, 6) is 0.999. The normalized spacial score (nSPS) is 14.2. The van der Waals surface area contributed by atoms with Gasteiger partial charge in [0.25, 0.3) is 0 Å². The highest BCUT2D eigenvalue weighted by molar-refractivity contribution is 6.32. The summed E-state index contributed by atoms with van der Waals surface area (Å²) in [4.78, 5) is 8.23. The second-order valence-electron chi connectivity index (χ2n) is 7.50. The lowest BCUT2D eigenvalue weighted by Crippen LogP contribution is -2.40. The van der Waals surface area contributed by atoms with Crippen LogP contribution in [0.5, 0.6) is 11.5 Å². The first kappa shape index (κ1) is 20.0. The van der Waals surface area contributed by atoms with Crippen LogP contribution in [0.2, 0.25) is 5.02 Å². The first-order chi connectivity index (χ1) is 14.3. The van der Waals surface area contributed by atoms with Gasteiger partial charge >= 0.3 is 0 Å². The SMILES string of the molecule is COc1ccc(Nc2ncc(F)c(Nc3ccc4c(c3)NC(C)(C)CO4)n2)cc1Cl. The third-order valence-corrected chi connectivity index (χ3v) is 4.75. The Bertz CT molecular complexity index is 1090. The Morgan fingerprint density at radius 3 is 2.70 bits per heavy atom. The zero-order valence-electron chi connectivity index (χ0n) is 16.7. The van der Waals surface area contributed by atoms with E-state index in [1.165, 1.54) is 0 Å². The molecule has 0 bridgehead atoms. The topological polar surface area (TPSA) is 80.3 Å². The largest absolute Gasteiger partial charge is 0.495 e. The van der Waals surface area contributed by atoms with Crippen LogP contribution in [-0.4, -0.2) is 29.2 Å². The molecular weight excluding hydrogens is 409 g/mol. The second-order valence-corrected chi connectivity index (χ2v) is 7.91. The molecule has 0 saturated heterocycles. The average Bonchev–Trinajstić information content (AvgIpc) is 2.70. The molecule has 0 atom stereocenters. The lowest BCUT2D eigenvalue weighted by atomic mass is 10.0. The molecule has 2 aromatic carbocycles. The molecule has 3 aromatic rings. The molecule has 0 unspecified atom stereocenters. The molecule has 0 spiro atoms. The fraction of sp³-hybridized carbons (Fsp3) is 0.238. The van der Waals surface area contributed by atoms with E-state index in [1.54, 1.807) is 31.4 Å². The Hall–Kier alpha value is -3.26.